The molecule has 0 spiro atoms. The van der Waals surface area contributed by atoms with Crippen molar-refractivity contribution in [1.29, 1.82) is 5.26 Å². The van der Waals surface area contributed by atoms with Crippen molar-refractivity contribution < 1.29 is 8.42 Å². The van der Waals surface area contributed by atoms with Crippen LogP contribution < -0.4 is 5.32 Å². The summed E-state index contributed by atoms with van der Waals surface area (Å²) in [6, 6.07) is 13.7. The van der Waals surface area contributed by atoms with Gasteiger partial charge < -0.3 is 5.32 Å². The van der Waals surface area contributed by atoms with E-state index in [1.165, 1.54) is 18.2 Å². The third-order valence-corrected chi connectivity index (χ3v) is 8.15. The number of sulfonamides is 1. The van der Waals surface area contributed by atoms with Gasteiger partial charge in [0.2, 0.25) is 10.0 Å². The first-order chi connectivity index (χ1) is 13.4. The van der Waals surface area contributed by atoms with Crippen LogP contribution in [0.4, 0.5) is 0 Å². The molecule has 6 nitrogen and oxygen atoms in total. The zero-order valence-corrected chi connectivity index (χ0v) is 17.4. The van der Waals surface area contributed by atoms with E-state index in [1.54, 1.807) is 4.31 Å². The van der Waals surface area contributed by atoms with Crippen molar-refractivity contribution in [3.63, 3.8) is 0 Å². The molecule has 152 valence electrons. The second-order valence-electron chi connectivity index (χ2n) is 8.76. The summed E-state index contributed by atoms with van der Waals surface area (Å²) in [7, 11) is -3.13. The molecule has 2 heterocycles. The molecule has 2 unspecified atom stereocenters. The summed E-state index contributed by atoms with van der Waals surface area (Å²) in [6.45, 7) is 4.11. The highest BCUT2D eigenvalue weighted by atomic mass is 32.2. The van der Waals surface area contributed by atoms with Gasteiger partial charge in [-0.25, -0.2) is 12.7 Å². The maximum Gasteiger partial charge on any atom is 0.211 e. The highest BCUT2D eigenvalue weighted by Gasteiger charge is 2.47. The average Bonchev–Trinajstić information content (AvgIpc) is 3.41. The Morgan fingerprint density at radius 2 is 1.89 bits per heavy atom. The fourth-order valence-electron chi connectivity index (χ4n) is 4.88. The molecule has 2 saturated heterocycles. The van der Waals surface area contributed by atoms with Gasteiger partial charge >= 0.3 is 0 Å². The number of nitrogens with one attached hydrogen (secondary N) is 1. The number of hydrogen-bond donors (Lipinski definition) is 1. The second kappa shape index (κ2) is 7.75. The highest BCUT2D eigenvalue weighted by Crippen LogP contribution is 2.41. The van der Waals surface area contributed by atoms with Crippen LogP contribution in [0.15, 0.2) is 30.3 Å². The SMILES string of the molecule is CS(=O)(=O)N1CCC(CC#N)(N2CC(CNC3CC3c3ccccc3)C2)CC1. The lowest BCUT2D eigenvalue weighted by Crippen LogP contribution is -2.64. The van der Waals surface area contributed by atoms with Crippen LogP contribution in [0, 0.1) is 17.2 Å². The Labute approximate surface area is 168 Å². The normalized spacial score (nSPS) is 28.4. The standard InChI is InChI=1S/C21H30N4O2S/c1-28(26,27)25-11-8-21(7-10-22,9-12-25)24-15-17(16-24)14-23-20-13-19(20)18-5-3-2-4-6-18/h2-6,17,19-20,23H,7-9,11-16H2,1H3. The molecule has 4 rings (SSSR count). The Morgan fingerprint density at radius 3 is 2.50 bits per heavy atom. The van der Waals surface area contributed by atoms with Crippen molar-refractivity contribution in [3.8, 4) is 6.07 Å². The molecule has 3 fully saturated rings. The van der Waals surface area contributed by atoms with Crippen LogP contribution in [0.1, 0.15) is 37.2 Å². The van der Waals surface area contributed by atoms with Crippen molar-refractivity contribution in [2.24, 2.45) is 5.92 Å². The van der Waals surface area contributed by atoms with Crippen molar-refractivity contribution in [3.05, 3.63) is 35.9 Å². The number of nitrogens with zero attached hydrogens (tertiary/aromatic N) is 3. The van der Waals surface area contributed by atoms with Crippen molar-refractivity contribution in [2.45, 2.75) is 43.2 Å². The molecular weight excluding hydrogens is 372 g/mol. The summed E-state index contributed by atoms with van der Waals surface area (Å²) >= 11 is 0. The zero-order chi connectivity index (χ0) is 19.8. The van der Waals surface area contributed by atoms with E-state index in [2.05, 4.69) is 46.6 Å². The van der Waals surface area contributed by atoms with Crippen molar-refractivity contribution >= 4 is 10.0 Å². The minimum atomic E-state index is -3.13. The van der Waals surface area contributed by atoms with Gasteiger partial charge in [0.05, 0.1) is 18.7 Å². The molecule has 3 aliphatic rings. The fraction of sp³-hybridized carbons (Fsp3) is 0.667. The number of hydrogen-bond acceptors (Lipinski definition) is 5. The molecule has 1 aromatic carbocycles. The number of likely N-dealkylation sites (tertiary alicyclic amines) is 1. The summed E-state index contributed by atoms with van der Waals surface area (Å²) in [4.78, 5) is 2.43. The largest absolute Gasteiger partial charge is 0.313 e. The van der Waals surface area contributed by atoms with Gasteiger partial charge in [-0.15, -0.1) is 0 Å². The predicted molar refractivity (Wildman–Crippen MR) is 109 cm³/mol. The predicted octanol–water partition coefficient (Wildman–Crippen LogP) is 1.77. The Bertz CT molecular complexity index is 822. The minimum Gasteiger partial charge on any atom is -0.313 e. The summed E-state index contributed by atoms with van der Waals surface area (Å²) in [5.41, 5.74) is 1.29. The Balaban J connectivity index is 1.24. The van der Waals surface area contributed by atoms with Gasteiger partial charge in [-0.05, 0) is 30.7 Å². The number of benzene rings is 1. The van der Waals surface area contributed by atoms with E-state index in [9.17, 15) is 13.7 Å². The van der Waals surface area contributed by atoms with E-state index in [0.29, 0.717) is 37.4 Å². The lowest BCUT2D eigenvalue weighted by atomic mass is 9.79. The first kappa shape index (κ1) is 19.8. The third kappa shape index (κ3) is 4.11. The number of nitriles is 1. The third-order valence-electron chi connectivity index (χ3n) is 6.85. The topological polar surface area (TPSA) is 76.4 Å². The molecule has 2 atom stereocenters. The Morgan fingerprint density at radius 1 is 1.21 bits per heavy atom. The first-order valence-corrected chi connectivity index (χ1v) is 12.1. The second-order valence-corrected chi connectivity index (χ2v) is 10.7. The molecule has 1 aliphatic carbocycles. The van der Waals surface area contributed by atoms with Gasteiger partial charge in [0.25, 0.3) is 0 Å². The van der Waals surface area contributed by atoms with Gasteiger partial charge in [0.1, 0.15) is 0 Å². The average molecular weight is 403 g/mol. The van der Waals surface area contributed by atoms with E-state index in [-0.39, 0.29) is 5.54 Å². The molecule has 0 amide bonds. The molecule has 0 aromatic heterocycles. The Hall–Kier alpha value is -1.46. The van der Waals surface area contributed by atoms with Crippen LogP contribution in [0.2, 0.25) is 0 Å². The van der Waals surface area contributed by atoms with E-state index >= 15 is 0 Å². The van der Waals surface area contributed by atoms with E-state index in [1.807, 2.05) is 0 Å². The van der Waals surface area contributed by atoms with E-state index in [4.69, 9.17) is 0 Å². The van der Waals surface area contributed by atoms with Crippen molar-refractivity contribution in [2.75, 3.05) is 39.0 Å². The molecule has 1 aromatic rings. The molecule has 1 N–H and O–H groups in total. The molecule has 7 heteroatoms. The van der Waals surface area contributed by atoms with E-state index in [0.717, 1.165) is 32.5 Å². The molecule has 1 saturated carbocycles. The van der Waals surface area contributed by atoms with Crippen LogP contribution in [0.3, 0.4) is 0 Å². The van der Waals surface area contributed by atoms with Crippen LogP contribution in [0.5, 0.6) is 0 Å². The van der Waals surface area contributed by atoms with Gasteiger partial charge in [0, 0.05) is 50.2 Å². The van der Waals surface area contributed by atoms with Crippen molar-refractivity contribution in [1.82, 2.24) is 14.5 Å². The molecular formula is C21H30N4O2S. The van der Waals surface area contributed by atoms with E-state index < -0.39 is 10.0 Å². The van der Waals surface area contributed by atoms with Crippen LogP contribution in [-0.2, 0) is 10.0 Å². The maximum absolute atomic E-state index is 11.8. The molecule has 2 aliphatic heterocycles. The maximum atomic E-state index is 11.8. The lowest BCUT2D eigenvalue weighted by molar-refractivity contribution is -0.0393. The van der Waals surface area contributed by atoms with Gasteiger partial charge in [-0.3, -0.25) is 4.90 Å². The monoisotopic (exact) mass is 402 g/mol. The summed E-state index contributed by atoms with van der Waals surface area (Å²) < 4.78 is 25.1. The first-order valence-electron chi connectivity index (χ1n) is 10.3. The summed E-state index contributed by atoms with van der Waals surface area (Å²) in [5.74, 6) is 1.28. The lowest BCUT2D eigenvalue weighted by Gasteiger charge is -2.54. The highest BCUT2D eigenvalue weighted by molar-refractivity contribution is 7.88. The van der Waals surface area contributed by atoms with Gasteiger partial charge in [-0.1, -0.05) is 30.3 Å². The Kier molecular flexibility index (Phi) is 5.49. The zero-order valence-electron chi connectivity index (χ0n) is 16.5. The quantitative estimate of drug-likeness (QED) is 0.752. The molecule has 0 radical (unpaired) electrons. The van der Waals surface area contributed by atoms with Crippen LogP contribution in [-0.4, -0.2) is 68.2 Å². The summed E-state index contributed by atoms with van der Waals surface area (Å²) in [5, 5.41) is 13.1. The minimum absolute atomic E-state index is 0.140. The fourth-order valence-corrected chi connectivity index (χ4v) is 5.73. The molecule has 0 bridgehead atoms. The summed E-state index contributed by atoms with van der Waals surface area (Å²) in [6.07, 6.45) is 4.50. The number of rotatable bonds is 7. The van der Waals surface area contributed by atoms with Crippen LogP contribution >= 0.6 is 0 Å². The van der Waals surface area contributed by atoms with Gasteiger partial charge in [-0.2, -0.15) is 5.26 Å². The molecule has 28 heavy (non-hydrogen) atoms. The van der Waals surface area contributed by atoms with Crippen LogP contribution in [0.25, 0.3) is 0 Å². The van der Waals surface area contributed by atoms with Gasteiger partial charge in [0.15, 0.2) is 0 Å². The number of piperidine rings is 1. The smallest absolute Gasteiger partial charge is 0.211 e.